The standard InChI is InChI=1S/C15H28N2O3Si/c1-6-15(21(18-3,19-4)20-5)17(13(2)16)12-14-10-8-7-9-11-14/h7-11,13,15H,6,12,16H2,1-5H3. The minimum atomic E-state index is -2.78. The molecule has 0 spiro atoms. The molecule has 0 fully saturated rings. The lowest BCUT2D eigenvalue weighted by Gasteiger charge is -2.41. The molecule has 0 amide bonds. The van der Waals surface area contributed by atoms with Crippen molar-refractivity contribution in [1.29, 1.82) is 0 Å². The molecule has 0 aliphatic carbocycles. The maximum Gasteiger partial charge on any atom is 0.518 e. The zero-order valence-electron chi connectivity index (χ0n) is 13.7. The summed E-state index contributed by atoms with van der Waals surface area (Å²) < 4.78 is 17.0. The summed E-state index contributed by atoms with van der Waals surface area (Å²) in [6, 6.07) is 10.3. The number of nitrogens with two attached hydrogens (primary N) is 1. The van der Waals surface area contributed by atoms with Gasteiger partial charge in [0.05, 0.1) is 11.8 Å². The molecule has 0 aromatic heterocycles. The Bertz CT molecular complexity index is 391. The van der Waals surface area contributed by atoms with Gasteiger partial charge in [0, 0.05) is 27.9 Å². The molecule has 5 nitrogen and oxygen atoms in total. The quantitative estimate of drug-likeness (QED) is 0.558. The summed E-state index contributed by atoms with van der Waals surface area (Å²) in [5.74, 6) is 0. The lowest BCUT2D eigenvalue weighted by Crippen LogP contribution is -2.63. The lowest BCUT2D eigenvalue weighted by atomic mass is 10.2. The second kappa shape index (κ2) is 8.62. The van der Waals surface area contributed by atoms with Crippen molar-refractivity contribution in [3.8, 4) is 0 Å². The fraction of sp³-hybridized carbons (Fsp3) is 0.600. The fourth-order valence-corrected chi connectivity index (χ4v) is 5.23. The Hall–Kier alpha value is -0.763. The van der Waals surface area contributed by atoms with Crippen molar-refractivity contribution in [3.63, 3.8) is 0 Å². The first kappa shape index (κ1) is 18.3. The maximum absolute atomic E-state index is 6.20. The van der Waals surface area contributed by atoms with E-state index in [0.29, 0.717) is 0 Å². The van der Waals surface area contributed by atoms with Gasteiger partial charge in [-0.25, -0.2) is 0 Å². The van der Waals surface area contributed by atoms with Crippen LogP contribution >= 0.6 is 0 Å². The van der Waals surface area contributed by atoms with Crippen LogP contribution in [0, 0.1) is 0 Å². The van der Waals surface area contributed by atoms with Crippen molar-refractivity contribution in [2.75, 3.05) is 21.3 Å². The number of hydrogen-bond acceptors (Lipinski definition) is 5. The second-order valence-corrected chi connectivity index (χ2v) is 8.14. The smallest absolute Gasteiger partial charge is 0.376 e. The monoisotopic (exact) mass is 312 g/mol. The molecule has 0 radical (unpaired) electrons. The fourth-order valence-electron chi connectivity index (χ4n) is 2.68. The summed E-state index contributed by atoms with van der Waals surface area (Å²) in [5, 5.41) is 0. The first-order chi connectivity index (χ1) is 10.0. The summed E-state index contributed by atoms with van der Waals surface area (Å²) in [6.07, 6.45) is 0.721. The average Bonchev–Trinajstić information content (AvgIpc) is 2.52. The van der Waals surface area contributed by atoms with E-state index in [2.05, 4.69) is 24.0 Å². The van der Waals surface area contributed by atoms with Gasteiger partial charge in [-0.15, -0.1) is 0 Å². The molecule has 120 valence electrons. The third-order valence-corrected chi connectivity index (χ3v) is 7.04. The van der Waals surface area contributed by atoms with Crippen molar-refractivity contribution >= 4 is 8.80 Å². The van der Waals surface area contributed by atoms with Crippen LogP contribution in [0.1, 0.15) is 25.8 Å². The Morgan fingerprint density at radius 2 is 1.62 bits per heavy atom. The Morgan fingerprint density at radius 1 is 1.10 bits per heavy atom. The maximum atomic E-state index is 6.20. The van der Waals surface area contributed by atoms with E-state index in [0.717, 1.165) is 13.0 Å². The van der Waals surface area contributed by atoms with Gasteiger partial charge in [-0.2, -0.15) is 0 Å². The van der Waals surface area contributed by atoms with E-state index in [4.69, 9.17) is 19.0 Å². The Labute approximate surface area is 129 Å². The van der Waals surface area contributed by atoms with Crippen LogP contribution in [0.4, 0.5) is 0 Å². The second-order valence-electron chi connectivity index (χ2n) is 5.04. The van der Waals surface area contributed by atoms with Crippen LogP contribution in [0.15, 0.2) is 30.3 Å². The highest BCUT2D eigenvalue weighted by atomic mass is 28.4. The van der Waals surface area contributed by atoms with Gasteiger partial charge >= 0.3 is 8.80 Å². The van der Waals surface area contributed by atoms with Crippen LogP contribution in [0.25, 0.3) is 0 Å². The predicted molar refractivity (Wildman–Crippen MR) is 86.5 cm³/mol. The zero-order chi connectivity index (χ0) is 15.9. The predicted octanol–water partition coefficient (Wildman–Crippen LogP) is 1.99. The molecule has 0 bridgehead atoms. The molecule has 6 heteroatoms. The minimum Gasteiger partial charge on any atom is -0.376 e. The van der Waals surface area contributed by atoms with Crippen LogP contribution in [-0.2, 0) is 19.8 Å². The summed E-state index contributed by atoms with van der Waals surface area (Å²) in [6.45, 7) is 4.82. The van der Waals surface area contributed by atoms with E-state index in [9.17, 15) is 0 Å². The zero-order valence-corrected chi connectivity index (χ0v) is 14.7. The van der Waals surface area contributed by atoms with E-state index in [-0.39, 0.29) is 11.8 Å². The van der Waals surface area contributed by atoms with E-state index in [1.54, 1.807) is 21.3 Å². The molecular weight excluding hydrogens is 284 g/mol. The first-order valence-corrected chi connectivity index (χ1v) is 9.05. The van der Waals surface area contributed by atoms with E-state index in [1.165, 1.54) is 5.56 Å². The molecule has 0 saturated carbocycles. The highest BCUT2D eigenvalue weighted by molar-refractivity contribution is 6.62. The number of nitrogens with zero attached hydrogens (tertiary/aromatic N) is 1. The summed E-state index contributed by atoms with van der Waals surface area (Å²) >= 11 is 0. The van der Waals surface area contributed by atoms with Gasteiger partial charge in [-0.1, -0.05) is 37.3 Å². The molecular formula is C15H28N2O3Si. The van der Waals surface area contributed by atoms with Gasteiger partial charge in [0.15, 0.2) is 0 Å². The van der Waals surface area contributed by atoms with Gasteiger partial charge in [0.2, 0.25) is 0 Å². The highest BCUT2D eigenvalue weighted by Gasteiger charge is 2.50. The minimum absolute atomic E-state index is 0.0118. The first-order valence-electron chi connectivity index (χ1n) is 7.25. The Morgan fingerprint density at radius 3 is 2.00 bits per heavy atom. The number of hydrogen-bond donors (Lipinski definition) is 1. The largest absolute Gasteiger partial charge is 0.518 e. The van der Waals surface area contributed by atoms with Gasteiger partial charge in [-0.05, 0) is 18.9 Å². The highest BCUT2D eigenvalue weighted by Crippen LogP contribution is 2.23. The molecule has 2 N–H and O–H groups in total. The van der Waals surface area contributed by atoms with Crippen molar-refractivity contribution in [2.45, 2.75) is 38.6 Å². The van der Waals surface area contributed by atoms with Gasteiger partial charge in [0.25, 0.3) is 0 Å². The summed E-state index contributed by atoms with van der Waals surface area (Å²) in [5.41, 5.74) is 7.42. The number of rotatable bonds is 9. The molecule has 0 aliphatic heterocycles. The van der Waals surface area contributed by atoms with Crippen molar-refractivity contribution < 1.29 is 13.3 Å². The number of benzene rings is 1. The van der Waals surface area contributed by atoms with Crippen molar-refractivity contribution in [2.24, 2.45) is 5.73 Å². The molecule has 1 aromatic rings. The van der Waals surface area contributed by atoms with E-state index in [1.807, 2.05) is 25.1 Å². The van der Waals surface area contributed by atoms with Gasteiger partial charge in [0.1, 0.15) is 0 Å². The van der Waals surface area contributed by atoms with Gasteiger partial charge in [-0.3, -0.25) is 4.90 Å². The SMILES string of the molecule is CCC(N(Cc1ccccc1)C(C)N)[Si](OC)(OC)OC. The summed E-state index contributed by atoms with van der Waals surface area (Å²) in [7, 11) is 2.15. The van der Waals surface area contributed by atoms with Crippen molar-refractivity contribution in [1.82, 2.24) is 4.90 Å². The average molecular weight is 312 g/mol. The lowest BCUT2D eigenvalue weighted by molar-refractivity contribution is 0.0557. The van der Waals surface area contributed by atoms with Crippen LogP contribution in [-0.4, -0.2) is 46.9 Å². The molecule has 0 aliphatic rings. The third kappa shape index (κ3) is 4.35. The van der Waals surface area contributed by atoms with E-state index < -0.39 is 8.80 Å². The Kier molecular flexibility index (Phi) is 7.51. The molecule has 1 rings (SSSR count). The van der Waals surface area contributed by atoms with E-state index >= 15 is 0 Å². The van der Waals surface area contributed by atoms with Crippen LogP contribution in [0.2, 0.25) is 0 Å². The third-order valence-electron chi connectivity index (χ3n) is 3.78. The molecule has 2 unspecified atom stereocenters. The summed E-state index contributed by atoms with van der Waals surface area (Å²) in [4.78, 5) is 2.19. The Balaban J connectivity index is 3.05. The van der Waals surface area contributed by atoms with Crippen LogP contribution in [0.5, 0.6) is 0 Å². The normalized spacial score (nSPS) is 15.2. The molecule has 0 heterocycles. The topological polar surface area (TPSA) is 57.0 Å². The van der Waals surface area contributed by atoms with Crippen LogP contribution in [0.3, 0.4) is 0 Å². The van der Waals surface area contributed by atoms with Crippen LogP contribution < -0.4 is 5.73 Å². The molecule has 1 aromatic carbocycles. The van der Waals surface area contributed by atoms with Gasteiger partial charge < -0.3 is 19.0 Å². The molecule has 2 atom stereocenters. The molecule has 0 saturated heterocycles. The van der Waals surface area contributed by atoms with Crippen molar-refractivity contribution in [3.05, 3.63) is 35.9 Å². The molecule has 21 heavy (non-hydrogen) atoms.